The molecular weight excluding hydrogens is 180 g/mol. The summed E-state index contributed by atoms with van der Waals surface area (Å²) in [6.45, 7) is 16.5. The first-order valence-electron chi connectivity index (χ1n) is 6.70. The van der Waals surface area contributed by atoms with Crippen LogP contribution in [0.4, 0.5) is 0 Å². The Morgan fingerprint density at radius 3 is 1.73 bits per heavy atom. The Balaban J connectivity index is 3.69. The lowest BCUT2D eigenvalue weighted by Gasteiger charge is -2.23. The highest BCUT2D eigenvalue weighted by Crippen LogP contribution is 2.27. The Morgan fingerprint density at radius 1 is 0.800 bits per heavy atom. The molecule has 0 nitrogen and oxygen atoms in total. The number of hydrogen-bond acceptors (Lipinski definition) is 0. The summed E-state index contributed by atoms with van der Waals surface area (Å²) < 4.78 is 0. The average Bonchev–Trinajstić information content (AvgIpc) is 1.97. The molecule has 0 aromatic heterocycles. The molecule has 0 N–H and O–H groups in total. The molecule has 0 aliphatic heterocycles. The van der Waals surface area contributed by atoms with E-state index in [0.29, 0.717) is 5.41 Å². The van der Waals surface area contributed by atoms with Crippen molar-refractivity contribution in [1.82, 2.24) is 0 Å². The highest BCUT2D eigenvalue weighted by atomic mass is 14.2. The molecule has 0 aliphatic rings. The van der Waals surface area contributed by atoms with Gasteiger partial charge in [-0.3, -0.25) is 0 Å². The zero-order valence-electron chi connectivity index (χ0n) is 12.1. The minimum Gasteiger partial charge on any atom is -0.0628 e. The molecule has 0 aromatic carbocycles. The fourth-order valence-electron chi connectivity index (χ4n) is 2.39. The molecule has 2 unspecified atom stereocenters. The molecule has 0 spiro atoms. The fraction of sp³-hybridized carbons (Fsp3) is 1.00. The van der Waals surface area contributed by atoms with Crippen molar-refractivity contribution in [2.24, 2.45) is 23.2 Å². The summed E-state index contributed by atoms with van der Waals surface area (Å²) in [4.78, 5) is 0. The third-order valence-electron chi connectivity index (χ3n) is 3.07. The molecule has 0 fully saturated rings. The van der Waals surface area contributed by atoms with E-state index in [1.807, 2.05) is 0 Å². The van der Waals surface area contributed by atoms with E-state index in [2.05, 4.69) is 48.5 Å². The quantitative estimate of drug-likeness (QED) is 0.543. The van der Waals surface area contributed by atoms with Crippen molar-refractivity contribution in [2.45, 2.75) is 74.1 Å². The van der Waals surface area contributed by atoms with Gasteiger partial charge in [-0.2, -0.15) is 0 Å². The van der Waals surface area contributed by atoms with Gasteiger partial charge in [0, 0.05) is 0 Å². The van der Waals surface area contributed by atoms with E-state index in [9.17, 15) is 0 Å². The predicted octanol–water partition coefficient (Wildman–Crippen LogP) is 5.52. The van der Waals surface area contributed by atoms with Gasteiger partial charge in [0.15, 0.2) is 0 Å². The molecule has 0 bridgehead atoms. The van der Waals surface area contributed by atoms with Crippen LogP contribution in [-0.2, 0) is 0 Å². The summed E-state index contributed by atoms with van der Waals surface area (Å²) >= 11 is 0. The van der Waals surface area contributed by atoms with Crippen LogP contribution in [0.15, 0.2) is 0 Å². The Kier molecular flexibility index (Phi) is 6.55. The number of rotatable bonds is 6. The van der Waals surface area contributed by atoms with E-state index in [0.717, 1.165) is 17.8 Å². The summed E-state index contributed by atoms with van der Waals surface area (Å²) in [6.07, 6.45) is 5.56. The molecule has 0 aromatic rings. The maximum atomic E-state index is 2.42. The van der Waals surface area contributed by atoms with Crippen LogP contribution in [0.5, 0.6) is 0 Å². The molecule has 0 heterocycles. The van der Waals surface area contributed by atoms with Crippen molar-refractivity contribution in [3.63, 3.8) is 0 Å². The summed E-state index contributed by atoms with van der Waals surface area (Å²) in [5, 5.41) is 0. The first kappa shape index (κ1) is 15.0. The van der Waals surface area contributed by atoms with E-state index in [-0.39, 0.29) is 0 Å². The summed E-state index contributed by atoms with van der Waals surface area (Å²) in [5.41, 5.74) is 0.509. The molecule has 92 valence electrons. The van der Waals surface area contributed by atoms with Gasteiger partial charge in [0.05, 0.1) is 0 Å². The smallest absolute Gasteiger partial charge is 0.0383 e. The van der Waals surface area contributed by atoms with E-state index in [1.54, 1.807) is 0 Å². The first-order chi connectivity index (χ1) is 6.70. The van der Waals surface area contributed by atoms with Crippen LogP contribution in [0.1, 0.15) is 74.1 Å². The monoisotopic (exact) mass is 212 g/mol. The van der Waals surface area contributed by atoms with Crippen molar-refractivity contribution < 1.29 is 0 Å². The molecule has 0 saturated carbocycles. The van der Waals surface area contributed by atoms with Crippen molar-refractivity contribution in [1.29, 1.82) is 0 Å². The van der Waals surface area contributed by atoms with E-state index >= 15 is 0 Å². The standard InChI is InChI=1S/C15H32/c1-12(2)10-14(4)11-13(3)8-9-15(5,6)7/h12-14H,8-11H2,1-7H3. The van der Waals surface area contributed by atoms with Gasteiger partial charge in [0.1, 0.15) is 0 Å². The van der Waals surface area contributed by atoms with Gasteiger partial charge in [-0.25, -0.2) is 0 Å². The van der Waals surface area contributed by atoms with Crippen LogP contribution in [0.3, 0.4) is 0 Å². The lowest BCUT2D eigenvalue weighted by molar-refractivity contribution is 0.289. The van der Waals surface area contributed by atoms with Crippen molar-refractivity contribution in [3.8, 4) is 0 Å². The molecule has 15 heavy (non-hydrogen) atoms. The Morgan fingerprint density at radius 2 is 1.33 bits per heavy atom. The molecular formula is C15H32. The van der Waals surface area contributed by atoms with Gasteiger partial charge in [0.2, 0.25) is 0 Å². The second-order valence-electron chi connectivity index (χ2n) is 7.17. The Hall–Kier alpha value is 0. The number of hydrogen-bond donors (Lipinski definition) is 0. The average molecular weight is 212 g/mol. The van der Waals surface area contributed by atoms with Gasteiger partial charge < -0.3 is 0 Å². The van der Waals surface area contributed by atoms with Crippen LogP contribution in [-0.4, -0.2) is 0 Å². The highest BCUT2D eigenvalue weighted by molar-refractivity contribution is 4.66. The van der Waals surface area contributed by atoms with Gasteiger partial charge in [-0.15, -0.1) is 0 Å². The predicted molar refractivity (Wildman–Crippen MR) is 71.1 cm³/mol. The van der Waals surface area contributed by atoms with Crippen LogP contribution in [0.25, 0.3) is 0 Å². The zero-order valence-corrected chi connectivity index (χ0v) is 12.1. The topological polar surface area (TPSA) is 0 Å². The maximum Gasteiger partial charge on any atom is -0.0383 e. The first-order valence-corrected chi connectivity index (χ1v) is 6.70. The second kappa shape index (κ2) is 6.55. The van der Waals surface area contributed by atoms with Crippen LogP contribution in [0, 0.1) is 23.2 Å². The third-order valence-corrected chi connectivity index (χ3v) is 3.07. The van der Waals surface area contributed by atoms with Gasteiger partial charge >= 0.3 is 0 Å². The van der Waals surface area contributed by atoms with Gasteiger partial charge in [-0.05, 0) is 42.4 Å². The molecule has 0 rings (SSSR count). The van der Waals surface area contributed by atoms with E-state index < -0.39 is 0 Å². The highest BCUT2D eigenvalue weighted by Gasteiger charge is 2.15. The fourth-order valence-corrected chi connectivity index (χ4v) is 2.39. The molecule has 2 atom stereocenters. The SMILES string of the molecule is CC(C)CC(C)CC(C)CCC(C)(C)C. The van der Waals surface area contributed by atoms with Crippen LogP contribution >= 0.6 is 0 Å². The molecule has 0 amide bonds. The molecule has 0 aliphatic carbocycles. The molecule has 0 saturated heterocycles. The van der Waals surface area contributed by atoms with Crippen molar-refractivity contribution in [3.05, 3.63) is 0 Å². The van der Waals surface area contributed by atoms with Crippen LogP contribution < -0.4 is 0 Å². The lowest BCUT2D eigenvalue weighted by Crippen LogP contribution is -2.10. The van der Waals surface area contributed by atoms with E-state index in [4.69, 9.17) is 0 Å². The Bertz CT molecular complexity index is 150. The summed E-state index contributed by atoms with van der Waals surface area (Å²) in [7, 11) is 0. The second-order valence-corrected chi connectivity index (χ2v) is 7.17. The van der Waals surface area contributed by atoms with Gasteiger partial charge in [0.25, 0.3) is 0 Å². The summed E-state index contributed by atoms with van der Waals surface area (Å²) in [5.74, 6) is 2.66. The minimum atomic E-state index is 0.509. The van der Waals surface area contributed by atoms with Gasteiger partial charge in [-0.1, -0.05) is 54.9 Å². The minimum absolute atomic E-state index is 0.509. The van der Waals surface area contributed by atoms with Crippen molar-refractivity contribution in [2.75, 3.05) is 0 Å². The molecule has 0 heteroatoms. The normalized spacial score (nSPS) is 16.8. The molecule has 0 radical (unpaired) electrons. The largest absolute Gasteiger partial charge is 0.0628 e. The van der Waals surface area contributed by atoms with Crippen LogP contribution in [0.2, 0.25) is 0 Å². The Labute approximate surface area is 97.8 Å². The maximum absolute atomic E-state index is 2.42. The summed E-state index contributed by atoms with van der Waals surface area (Å²) in [6, 6.07) is 0. The third kappa shape index (κ3) is 10.3. The lowest BCUT2D eigenvalue weighted by atomic mass is 9.83. The zero-order chi connectivity index (χ0) is 12.1. The van der Waals surface area contributed by atoms with Crippen molar-refractivity contribution >= 4 is 0 Å². The van der Waals surface area contributed by atoms with E-state index in [1.165, 1.54) is 25.7 Å².